The van der Waals surface area contributed by atoms with Crippen molar-refractivity contribution < 1.29 is 104 Å². The number of allylic oxidation sites excluding steroid dienone is 1. The Bertz CT molecular complexity index is 1860. The Morgan fingerprint density at radius 3 is 1.81 bits per heavy atom. The van der Waals surface area contributed by atoms with Crippen molar-refractivity contribution in [3.05, 3.63) is 11.3 Å². The molecule has 4 saturated carbocycles. The van der Waals surface area contributed by atoms with Crippen LogP contribution in [0.15, 0.2) is 11.3 Å². The van der Waals surface area contributed by atoms with Gasteiger partial charge in [0.25, 0.3) is 0 Å². The van der Waals surface area contributed by atoms with Crippen molar-refractivity contribution in [2.24, 2.45) is 46.3 Å². The Balaban J connectivity index is 0.833. The van der Waals surface area contributed by atoms with E-state index in [9.17, 15) is 61.3 Å². The van der Waals surface area contributed by atoms with Crippen molar-refractivity contribution in [3.8, 4) is 0 Å². The van der Waals surface area contributed by atoms with E-state index in [0.717, 1.165) is 57.1 Å². The summed E-state index contributed by atoms with van der Waals surface area (Å²) in [5.74, 6) is 3.36. The van der Waals surface area contributed by atoms with E-state index in [1.165, 1.54) is 19.4 Å². The van der Waals surface area contributed by atoms with Crippen LogP contribution in [-0.2, 0) is 42.6 Å². The standard InChI is InChI=1S/C51H84O21/c1-20(19-64-46-40(60)39(59)36(56)31(17-52)69-46)7-10-29-21(2)33-30(68-29)16-28-26-9-8-24-15-25(11-13-50(24,5)27(26)12-14-51(28,33)6)67-49-45(72-48-42(62)38(58)35(55)23(4)66-48)43(63)44(32(18-53)70-49)71-47-41(61)37(57)34(54)22(3)65-47/h20,22-28,30-49,52-63H,7-19H2,1-6H3/t20-,22-,23-,24+,25-,26+,27-,28-,30-,31+,32+,33-,34-,35-,36+,37+,38+,39-,40+,41+,42+,43-,44+,45+,46+,47-,48-,49+,50-,51-/m0/s1. The van der Waals surface area contributed by atoms with E-state index in [1.807, 2.05) is 6.92 Å². The number of aliphatic hydroxyl groups excluding tert-OH is 12. The molecule has 5 heterocycles. The lowest BCUT2D eigenvalue weighted by Crippen LogP contribution is -2.66. The van der Waals surface area contributed by atoms with Gasteiger partial charge in [-0.1, -0.05) is 20.8 Å². The molecule has 9 aliphatic rings. The number of rotatable bonds is 14. The summed E-state index contributed by atoms with van der Waals surface area (Å²) in [5.41, 5.74) is 1.48. The number of aliphatic hydroxyl groups is 12. The molecular weight excluding hydrogens is 949 g/mol. The van der Waals surface area contributed by atoms with Crippen LogP contribution in [0.4, 0.5) is 0 Å². The van der Waals surface area contributed by atoms with Crippen molar-refractivity contribution >= 4 is 0 Å². The van der Waals surface area contributed by atoms with E-state index in [4.69, 9.17) is 42.6 Å². The molecule has 0 aromatic carbocycles. The van der Waals surface area contributed by atoms with Crippen LogP contribution in [-0.4, -0.2) is 216 Å². The molecule has 0 aromatic heterocycles. The average molecular weight is 1030 g/mol. The van der Waals surface area contributed by atoms with Gasteiger partial charge >= 0.3 is 0 Å². The molecule has 4 aliphatic carbocycles. The summed E-state index contributed by atoms with van der Waals surface area (Å²) in [6.07, 6.45) is -19.4. The van der Waals surface area contributed by atoms with Gasteiger partial charge in [-0.2, -0.15) is 0 Å². The van der Waals surface area contributed by atoms with Crippen molar-refractivity contribution in [1.82, 2.24) is 0 Å². The van der Waals surface area contributed by atoms with Crippen LogP contribution in [0.1, 0.15) is 106 Å². The van der Waals surface area contributed by atoms with Gasteiger partial charge in [0.05, 0.1) is 43.9 Å². The number of hydrogen-bond acceptors (Lipinski definition) is 21. The molecule has 0 bridgehead atoms. The first-order valence-electron chi connectivity index (χ1n) is 26.7. The van der Waals surface area contributed by atoms with E-state index in [-0.39, 0.29) is 35.6 Å². The third kappa shape index (κ3) is 9.98. The zero-order valence-electron chi connectivity index (χ0n) is 42.4. The first kappa shape index (κ1) is 55.5. The summed E-state index contributed by atoms with van der Waals surface area (Å²) in [6, 6.07) is 0. The van der Waals surface area contributed by atoms with Crippen LogP contribution in [0.2, 0.25) is 0 Å². The van der Waals surface area contributed by atoms with Crippen LogP contribution < -0.4 is 0 Å². The molecule has 0 amide bonds. The van der Waals surface area contributed by atoms with Crippen molar-refractivity contribution in [2.45, 2.75) is 241 Å². The molecule has 0 spiro atoms. The largest absolute Gasteiger partial charge is 0.494 e. The molecular formula is C51H84O21. The van der Waals surface area contributed by atoms with Gasteiger partial charge in [-0.25, -0.2) is 0 Å². The summed E-state index contributed by atoms with van der Waals surface area (Å²) in [5, 5.41) is 126. The maximum atomic E-state index is 12.1. The van der Waals surface area contributed by atoms with Gasteiger partial charge in [-0.05, 0) is 125 Å². The predicted octanol–water partition coefficient (Wildman–Crippen LogP) is -0.950. The molecule has 9 rings (SSSR count). The van der Waals surface area contributed by atoms with Gasteiger partial charge < -0.3 is 104 Å². The summed E-state index contributed by atoms with van der Waals surface area (Å²) in [4.78, 5) is 0. The van der Waals surface area contributed by atoms with E-state index in [1.54, 1.807) is 0 Å². The van der Waals surface area contributed by atoms with E-state index in [0.29, 0.717) is 42.4 Å². The normalized spacial score (nSPS) is 54.1. The molecule has 12 N–H and O–H groups in total. The average Bonchev–Trinajstić information content (AvgIpc) is 3.85. The Hall–Kier alpha value is -1.26. The van der Waals surface area contributed by atoms with Gasteiger partial charge in [-0.3, -0.25) is 0 Å². The molecule has 414 valence electrons. The number of fused-ring (bicyclic) bond motifs is 7. The van der Waals surface area contributed by atoms with Crippen LogP contribution in [0.3, 0.4) is 0 Å². The fourth-order valence-corrected chi connectivity index (χ4v) is 15.1. The maximum absolute atomic E-state index is 12.1. The second-order valence-electron chi connectivity index (χ2n) is 23.7. The fraction of sp³-hybridized carbons (Fsp3) is 0.961. The van der Waals surface area contributed by atoms with Gasteiger partial charge in [0, 0.05) is 12.3 Å². The summed E-state index contributed by atoms with van der Waals surface area (Å²) >= 11 is 0. The summed E-state index contributed by atoms with van der Waals surface area (Å²) in [7, 11) is 0. The Morgan fingerprint density at radius 1 is 0.583 bits per heavy atom. The molecule has 5 aliphatic heterocycles. The Morgan fingerprint density at radius 2 is 1.17 bits per heavy atom. The van der Waals surface area contributed by atoms with Gasteiger partial charge in [0.1, 0.15) is 91.6 Å². The highest BCUT2D eigenvalue weighted by atomic mass is 16.8. The van der Waals surface area contributed by atoms with Crippen LogP contribution in [0, 0.1) is 46.3 Å². The summed E-state index contributed by atoms with van der Waals surface area (Å²) < 4.78 is 54.9. The zero-order chi connectivity index (χ0) is 51.9. The molecule has 30 atom stereocenters. The third-order valence-electron chi connectivity index (χ3n) is 19.4. The van der Waals surface area contributed by atoms with Crippen LogP contribution in [0.25, 0.3) is 0 Å². The second-order valence-corrected chi connectivity index (χ2v) is 23.7. The lowest BCUT2D eigenvalue weighted by Gasteiger charge is -2.61. The van der Waals surface area contributed by atoms with Crippen LogP contribution in [0.5, 0.6) is 0 Å². The molecule has 0 radical (unpaired) electrons. The van der Waals surface area contributed by atoms with Gasteiger partial charge in [0.2, 0.25) is 0 Å². The predicted molar refractivity (Wildman–Crippen MR) is 247 cm³/mol. The highest BCUT2D eigenvalue weighted by Crippen LogP contribution is 2.70. The molecule has 0 aromatic rings. The third-order valence-corrected chi connectivity index (χ3v) is 19.4. The maximum Gasteiger partial charge on any atom is 0.187 e. The molecule has 21 nitrogen and oxygen atoms in total. The Labute approximate surface area is 421 Å². The molecule has 0 unspecified atom stereocenters. The molecule has 72 heavy (non-hydrogen) atoms. The minimum atomic E-state index is -1.73. The van der Waals surface area contributed by atoms with Crippen molar-refractivity contribution in [3.63, 3.8) is 0 Å². The minimum absolute atomic E-state index is 0.0468. The lowest BCUT2D eigenvalue weighted by atomic mass is 9.44. The van der Waals surface area contributed by atoms with Crippen molar-refractivity contribution in [1.29, 1.82) is 0 Å². The summed E-state index contributed by atoms with van der Waals surface area (Å²) in [6.45, 7) is 11.3. The van der Waals surface area contributed by atoms with Crippen LogP contribution >= 0.6 is 0 Å². The minimum Gasteiger partial charge on any atom is -0.494 e. The highest BCUT2D eigenvalue weighted by molar-refractivity contribution is 5.27. The lowest BCUT2D eigenvalue weighted by molar-refractivity contribution is -0.389. The van der Waals surface area contributed by atoms with Crippen molar-refractivity contribution in [2.75, 3.05) is 19.8 Å². The van der Waals surface area contributed by atoms with E-state index >= 15 is 0 Å². The Kier molecular flexibility index (Phi) is 16.9. The first-order valence-corrected chi connectivity index (χ1v) is 26.7. The van der Waals surface area contributed by atoms with Gasteiger partial charge in [-0.15, -0.1) is 0 Å². The fourth-order valence-electron chi connectivity index (χ4n) is 15.1. The monoisotopic (exact) mass is 1030 g/mol. The van der Waals surface area contributed by atoms with E-state index < -0.39 is 136 Å². The molecule has 21 heteroatoms. The number of hydrogen-bond donors (Lipinski definition) is 12. The topological polar surface area (TPSA) is 326 Å². The zero-order valence-corrected chi connectivity index (χ0v) is 42.4. The molecule has 8 fully saturated rings. The smallest absolute Gasteiger partial charge is 0.187 e. The second kappa shape index (κ2) is 21.9. The molecule has 4 saturated heterocycles. The van der Waals surface area contributed by atoms with E-state index in [2.05, 4.69) is 20.8 Å². The SMILES string of the molecule is CC1=C(CC[C@H](C)CO[C@@H]2O[C@H](CO)[C@@H](O)[C@H](O)[C@H]2O)O[C@H]2C[C@H]3[C@@H]4CC[C@@H]5C[C@@H](O[C@@H]6O[C@H](CO)[C@@H](O[C@@H]7O[C@@H](C)[C@H](O)[C@@H](O)[C@H]7O)[C@H](O)[C@H]6O[C@@H]6O[C@@H](C)[C@H](O)[C@@H](O)[C@H]6O)CC[C@]5(C)[C@H]4CC[C@]3(C)[C@@H]12. The first-order chi connectivity index (χ1) is 34.1. The van der Waals surface area contributed by atoms with Gasteiger partial charge in [0.15, 0.2) is 25.2 Å². The number of ether oxygens (including phenoxy) is 9. The highest BCUT2D eigenvalue weighted by Gasteiger charge is 2.65. The quantitative estimate of drug-likeness (QED) is 0.0934.